The maximum Gasteiger partial charge on any atom is 0.191 e. The number of benzene rings is 1. The Labute approximate surface area is 138 Å². The summed E-state index contributed by atoms with van der Waals surface area (Å²) in [6.07, 6.45) is 0. The van der Waals surface area contributed by atoms with Crippen molar-refractivity contribution in [2.24, 2.45) is 10.9 Å². The average Bonchev–Trinajstić information content (AvgIpc) is 2.47. The van der Waals surface area contributed by atoms with Crippen molar-refractivity contribution in [2.45, 2.75) is 32.9 Å². The maximum absolute atomic E-state index is 14.0. The first-order chi connectivity index (χ1) is 10.8. The number of halogens is 2. The number of hydrogen-bond donors (Lipinski definition) is 2. The summed E-state index contributed by atoms with van der Waals surface area (Å²) in [5, 5.41) is 6.43. The van der Waals surface area contributed by atoms with Crippen LogP contribution in [0.25, 0.3) is 0 Å². The van der Waals surface area contributed by atoms with Crippen molar-refractivity contribution in [1.82, 2.24) is 15.5 Å². The highest BCUT2D eigenvalue weighted by molar-refractivity contribution is 5.80. The molecule has 130 valence electrons. The summed E-state index contributed by atoms with van der Waals surface area (Å²) in [7, 11) is 5.27. The van der Waals surface area contributed by atoms with Crippen LogP contribution >= 0.6 is 0 Å². The third-order valence-electron chi connectivity index (χ3n) is 4.01. The van der Waals surface area contributed by atoms with Crippen LogP contribution in [0.2, 0.25) is 0 Å². The van der Waals surface area contributed by atoms with E-state index >= 15 is 0 Å². The molecule has 4 nitrogen and oxygen atoms in total. The highest BCUT2D eigenvalue weighted by atomic mass is 19.1. The molecular weight excluding hydrogens is 298 g/mol. The van der Waals surface area contributed by atoms with Gasteiger partial charge in [0.25, 0.3) is 0 Å². The number of hydrogen-bond acceptors (Lipinski definition) is 2. The van der Waals surface area contributed by atoms with Gasteiger partial charge >= 0.3 is 0 Å². The number of aliphatic imine (C=N–C) groups is 1. The Balaban J connectivity index is 2.85. The minimum absolute atomic E-state index is 0.0670. The van der Waals surface area contributed by atoms with E-state index in [1.165, 1.54) is 18.2 Å². The molecule has 2 unspecified atom stereocenters. The lowest BCUT2D eigenvalue weighted by atomic mass is 10.0. The van der Waals surface area contributed by atoms with Crippen molar-refractivity contribution in [3.05, 3.63) is 35.4 Å². The topological polar surface area (TPSA) is 39.7 Å². The number of likely N-dealkylation sites (N-methyl/N-ethyl adjacent to an activating group) is 1. The summed E-state index contributed by atoms with van der Waals surface area (Å²) >= 11 is 0. The van der Waals surface area contributed by atoms with Gasteiger partial charge in [-0.3, -0.25) is 4.99 Å². The van der Waals surface area contributed by atoms with Crippen molar-refractivity contribution < 1.29 is 8.78 Å². The lowest BCUT2D eigenvalue weighted by molar-refractivity contribution is 0.282. The Morgan fingerprint density at radius 1 is 1.17 bits per heavy atom. The van der Waals surface area contributed by atoms with Gasteiger partial charge in [0.2, 0.25) is 0 Å². The molecule has 1 aromatic rings. The fraction of sp³-hybridized carbons (Fsp3) is 0.588. The van der Waals surface area contributed by atoms with Gasteiger partial charge in [0.05, 0.1) is 6.04 Å². The molecule has 0 aliphatic rings. The molecule has 0 amide bonds. The zero-order chi connectivity index (χ0) is 17.6. The molecule has 0 saturated carbocycles. The van der Waals surface area contributed by atoms with E-state index in [-0.39, 0.29) is 11.6 Å². The van der Waals surface area contributed by atoms with Crippen LogP contribution < -0.4 is 10.6 Å². The molecule has 0 fully saturated rings. The lowest BCUT2D eigenvalue weighted by Crippen LogP contribution is -2.46. The molecule has 1 aromatic carbocycles. The van der Waals surface area contributed by atoms with Crippen LogP contribution in [0.4, 0.5) is 8.78 Å². The minimum atomic E-state index is -0.538. The molecule has 0 aliphatic heterocycles. The quantitative estimate of drug-likeness (QED) is 0.624. The Morgan fingerprint density at radius 3 is 2.17 bits per heavy atom. The van der Waals surface area contributed by atoms with E-state index in [9.17, 15) is 8.78 Å². The Morgan fingerprint density at radius 2 is 1.74 bits per heavy atom. The van der Waals surface area contributed by atoms with Crippen molar-refractivity contribution in [3.63, 3.8) is 0 Å². The van der Waals surface area contributed by atoms with E-state index in [1.54, 1.807) is 26.0 Å². The van der Waals surface area contributed by atoms with Gasteiger partial charge in [0.15, 0.2) is 5.96 Å². The molecule has 1 rings (SSSR count). The van der Waals surface area contributed by atoms with Crippen LogP contribution in [0, 0.1) is 17.6 Å². The predicted molar refractivity (Wildman–Crippen MR) is 91.6 cm³/mol. The van der Waals surface area contributed by atoms with Crippen molar-refractivity contribution in [1.29, 1.82) is 0 Å². The van der Waals surface area contributed by atoms with Crippen molar-refractivity contribution in [3.8, 4) is 0 Å². The molecule has 0 heterocycles. The summed E-state index contributed by atoms with van der Waals surface area (Å²) in [6.45, 7) is 6.64. The summed E-state index contributed by atoms with van der Waals surface area (Å²) in [6, 6.07) is 3.73. The largest absolute Gasteiger partial charge is 0.354 e. The van der Waals surface area contributed by atoms with Gasteiger partial charge < -0.3 is 15.5 Å². The van der Waals surface area contributed by atoms with Crippen LogP contribution in [0.15, 0.2) is 23.2 Å². The van der Waals surface area contributed by atoms with E-state index in [2.05, 4.69) is 36.4 Å². The van der Waals surface area contributed by atoms with Gasteiger partial charge in [-0.2, -0.15) is 0 Å². The normalized spacial score (nSPS) is 15.0. The third kappa shape index (κ3) is 5.46. The molecule has 0 saturated heterocycles. The SMILES string of the molecule is CN=C(NCC(c1c(F)cccc1F)N(C)C)NC(C)C(C)C. The monoisotopic (exact) mass is 326 g/mol. The highest BCUT2D eigenvalue weighted by Gasteiger charge is 2.22. The first-order valence-corrected chi connectivity index (χ1v) is 7.85. The fourth-order valence-corrected chi connectivity index (χ4v) is 2.14. The first-order valence-electron chi connectivity index (χ1n) is 7.85. The number of guanidine groups is 1. The Bertz CT molecular complexity index is 509. The number of nitrogens with zero attached hydrogens (tertiary/aromatic N) is 2. The zero-order valence-electron chi connectivity index (χ0n) is 14.8. The second kappa shape index (κ2) is 8.82. The molecule has 6 heteroatoms. The van der Waals surface area contributed by atoms with Crippen LogP contribution in [0.1, 0.15) is 32.4 Å². The van der Waals surface area contributed by atoms with Crippen molar-refractivity contribution in [2.75, 3.05) is 27.7 Å². The Kier molecular flexibility index (Phi) is 7.42. The van der Waals surface area contributed by atoms with Gasteiger partial charge in [-0.05, 0) is 39.1 Å². The number of nitrogens with one attached hydrogen (secondary N) is 2. The summed E-state index contributed by atoms with van der Waals surface area (Å²) in [4.78, 5) is 5.95. The van der Waals surface area contributed by atoms with Gasteiger partial charge in [-0.25, -0.2) is 8.78 Å². The fourth-order valence-electron chi connectivity index (χ4n) is 2.14. The third-order valence-corrected chi connectivity index (χ3v) is 4.01. The second-order valence-electron chi connectivity index (χ2n) is 6.24. The summed E-state index contributed by atoms with van der Waals surface area (Å²) in [5.74, 6) is -0.00926. The minimum Gasteiger partial charge on any atom is -0.354 e. The summed E-state index contributed by atoms with van der Waals surface area (Å²) in [5.41, 5.74) is 0.0670. The standard InChI is InChI=1S/C17H28F2N4/c1-11(2)12(3)22-17(20-4)21-10-15(23(5)6)16-13(18)8-7-9-14(16)19/h7-9,11-12,15H,10H2,1-6H3,(H2,20,21,22). The number of rotatable bonds is 6. The molecule has 0 spiro atoms. The van der Waals surface area contributed by atoms with Gasteiger partial charge in [0, 0.05) is 25.2 Å². The molecule has 23 heavy (non-hydrogen) atoms. The molecule has 2 N–H and O–H groups in total. The molecule has 0 aliphatic carbocycles. The molecule has 0 aromatic heterocycles. The van der Waals surface area contributed by atoms with E-state index in [1.807, 2.05) is 0 Å². The smallest absolute Gasteiger partial charge is 0.191 e. The predicted octanol–water partition coefficient (Wildman–Crippen LogP) is 2.78. The van der Waals surface area contributed by atoms with E-state index in [4.69, 9.17) is 0 Å². The van der Waals surface area contributed by atoms with Crippen LogP contribution in [-0.2, 0) is 0 Å². The maximum atomic E-state index is 14.0. The van der Waals surface area contributed by atoms with Gasteiger partial charge in [-0.1, -0.05) is 19.9 Å². The van der Waals surface area contributed by atoms with Crippen LogP contribution in [0.5, 0.6) is 0 Å². The van der Waals surface area contributed by atoms with Gasteiger partial charge in [-0.15, -0.1) is 0 Å². The molecule has 2 atom stereocenters. The average molecular weight is 326 g/mol. The van der Waals surface area contributed by atoms with Crippen LogP contribution in [0.3, 0.4) is 0 Å². The molecular formula is C17H28F2N4. The second-order valence-corrected chi connectivity index (χ2v) is 6.24. The van der Waals surface area contributed by atoms with E-state index in [0.29, 0.717) is 18.4 Å². The highest BCUT2D eigenvalue weighted by Crippen LogP contribution is 2.23. The molecule has 0 radical (unpaired) electrons. The van der Waals surface area contributed by atoms with Crippen molar-refractivity contribution >= 4 is 5.96 Å². The van der Waals surface area contributed by atoms with Gasteiger partial charge in [0.1, 0.15) is 11.6 Å². The molecule has 0 bridgehead atoms. The zero-order valence-corrected chi connectivity index (χ0v) is 14.8. The van der Waals surface area contributed by atoms with Crippen LogP contribution in [-0.4, -0.2) is 44.6 Å². The first kappa shape index (κ1) is 19.4. The Hall–Kier alpha value is -1.69. The lowest BCUT2D eigenvalue weighted by Gasteiger charge is -2.28. The van der Waals surface area contributed by atoms with E-state index in [0.717, 1.165) is 0 Å². The summed E-state index contributed by atoms with van der Waals surface area (Å²) < 4.78 is 28.1. The van der Waals surface area contributed by atoms with E-state index < -0.39 is 17.7 Å².